The maximum Gasteiger partial charge on any atom is 0.256 e. The molecule has 0 aliphatic rings. The van der Waals surface area contributed by atoms with E-state index in [2.05, 4.69) is 10.3 Å². The minimum absolute atomic E-state index is 0. The molecule has 0 aromatic heterocycles. The molecule has 0 fully saturated rings. The Morgan fingerprint density at radius 1 is 1.45 bits per heavy atom. The van der Waals surface area contributed by atoms with Gasteiger partial charge in [-0.25, -0.2) is 4.99 Å². The summed E-state index contributed by atoms with van der Waals surface area (Å²) in [5, 5.41) is 2.85. The Hall–Kier alpha value is -1.86. The summed E-state index contributed by atoms with van der Waals surface area (Å²) in [6.07, 6.45) is -0.571. The number of aliphatic imine (C=N–C) groups is 1. The van der Waals surface area contributed by atoms with E-state index in [4.69, 9.17) is 33.5 Å². The van der Waals surface area contributed by atoms with Crippen molar-refractivity contribution in [2.24, 2.45) is 16.5 Å². The molecule has 1 atom stereocenters. The summed E-state index contributed by atoms with van der Waals surface area (Å²) in [4.78, 5) is 15.8. The molecule has 0 heterocycles. The molecule has 112 valence electrons. The molecular weight excluding hydrogens is 305 g/mol. The monoisotopic (exact) mass is 321 g/mol. The zero-order valence-corrected chi connectivity index (χ0v) is 12.6. The number of hydrogen-bond acceptors (Lipinski definition) is 4. The van der Waals surface area contributed by atoms with Crippen LogP contribution in [-0.2, 0) is 0 Å². The third-order valence-electron chi connectivity index (χ3n) is 2.25. The predicted molar refractivity (Wildman–Crippen MR) is 82.4 cm³/mol. The van der Waals surface area contributed by atoms with E-state index in [0.29, 0.717) is 11.4 Å². The van der Waals surface area contributed by atoms with Crippen molar-refractivity contribution in [3.8, 4) is 5.75 Å². The summed E-state index contributed by atoms with van der Waals surface area (Å²) in [5.74, 6) is -0.220. The second-order valence-corrected chi connectivity index (χ2v) is 4.18. The van der Waals surface area contributed by atoms with E-state index >= 15 is 0 Å². The lowest BCUT2D eigenvalue weighted by atomic mass is 10.1. The quantitative estimate of drug-likeness (QED) is 0.368. The van der Waals surface area contributed by atoms with Gasteiger partial charge in [0.15, 0.2) is 5.96 Å². The number of nitrogens with one attached hydrogen (secondary N) is 1. The maximum absolute atomic E-state index is 12.0. The number of nitrogen functional groups attached to an aromatic ring is 1. The van der Waals surface area contributed by atoms with Gasteiger partial charge in [-0.1, -0.05) is 11.6 Å². The van der Waals surface area contributed by atoms with Crippen molar-refractivity contribution in [3.05, 3.63) is 22.7 Å². The SMILES string of the molecule is COc1cc(N)c(Cl)cc1C(=O)NC(C)N=C(N)N.Cl. The molecule has 1 aromatic rings. The molecule has 7 nitrogen and oxygen atoms in total. The average molecular weight is 322 g/mol. The third kappa shape index (κ3) is 4.67. The van der Waals surface area contributed by atoms with Gasteiger partial charge in [0.05, 0.1) is 23.4 Å². The number of carbonyl (C=O) groups is 1. The van der Waals surface area contributed by atoms with E-state index in [0.717, 1.165) is 0 Å². The highest BCUT2D eigenvalue weighted by atomic mass is 35.5. The van der Waals surface area contributed by atoms with Gasteiger partial charge in [-0.2, -0.15) is 0 Å². The third-order valence-corrected chi connectivity index (χ3v) is 2.57. The minimum atomic E-state index is -0.571. The molecule has 20 heavy (non-hydrogen) atoms. The Labute approximate surface area is 127 Å². The first kappa shape index (κ1) is 18.1. The highest BCUT2D eigenvalue weighted by molar-refractivity contribution is 6.33. The minimum Gasteiger partial charge on any atom is -0.496 e. The fourth-order valence-corrected chi connectivity index (χ4v) is 1.60. The van der Waals surface area contributed by atoms with Gasteiger partial charge in [0.25, 0.3) is 5.91 Å². The number of methoxy groups -OCH3 is 1. The van der Waals surface area contributed by atoms with Gasteiger partial charge in [0, 0.05) is 6.07 Å². The van der Waals surface area contributed by atoms with Gasteiger partial charge in [0.2, 0.25) is 0 Å². The van der Waals surface area contributed by atoms with Crippen LogP contribution in [0.25, 0.3) is 0 Å². The lowest BCUT2D eigenvalue weighted by Gasteiger charge is -2.13. The van der Waals surface area contributed by atoms with Crippen molar-refractivity contribution in [2.45, 2.75) is 13.1 Å². The maximum atomic E-state index is 12.0. The number of halogens is 2. The van der Waals surface area contributed by atoms with E-state index < -0.39 is 12.1 Å². The molecule has 7 N–H and O–H groups in total. The first-order valence-electron chi connectivity index (χ1n) is 5.37. The molecule has 0 saturated carbocycles. The van der Waals surface area contributed by atoms with E-state index in [1.54, 1.807) is 6.92 Å². The second kappa shape index (κ2) is 7.66. The highest BCUT2D eigenvalue weighted by Crippen LogP contribution is 2.28. The number of nitrogens with two attached hydrogens (primary N) is 3. The van der Waals surface area contributed by atoms with Crippen LogP contribution in [-0.4, -0.2) is 25.1 Å². The van der Waals surface area contributed by atoms with Crippen LogP contribution >= 0.6 is 24.0 Å². The summed E-state index contributed by atoms with van der Waals surface area (Å²) in [5.41, 5.74) is 16.7. The van der Waals surface area contributed by atoms with E-state index in [9.17, 15) is 4.79 Å². The molecule has 0 spiro atoms. The van der Waals surface area contributed by atoms with Gasteiger partial charge in [-0.05, 0) is 13.0 Å². The standard InChI is InChI=1S/C11H16ClN5O2.ClH/c1-5(17-11(14)15)16-10(18)6-3-7(12)8(13)4-9(6)19-2;/h3-5H,13H2,1-2H3,(H,16,18)(H4,14,15,17);1H. The zero-order valence-electron chi connectivity index (χ0n) is 11.0. The summed E-state index contributed by atoms with van der Waals surface area (Å²) in [6, 6.07) is 2.90. The molecule has 0 bridgehead atoms. The van der Waals surface area contributed by atoms with Crippen molar-refractivity contribution in [1.29, 1.82) is 0 Å². The number of rotatable bonds is 4. The second-order valence-electron chi connectivity index (χ2n) is 3.78. The Morgan fingerprint density at radius 3 is 2.55 bits per heavy atom. The number of amides is 1. The van der Waals surface area contributed by atoms with E-state index in [1.165, 1.54) is 19.2 Å². The summed E-state index contributed by atoms with van der Waals surface area (Å²) in [6.45, 7) is 1.63. The van der Waals surface area contributed by atoms with E-state index in [-0.39, 0.29) is 29.0 Å². The highest BCUT2D eigenvalue weighted by Gasteiger charge is 2.16. The van der Waals surface area contributed by atoms with Gasteiger partial charge in [-0.15, -0.1) is 12.4 Å². The predicted octanol–water partition coefficient (Wildman–Crippen LogP) is 0.702. The number of anilines is 1. The lowest BCUT2D eigenvalue weighted by Crippen LogP contribution is -2.35. The first-order valence-corrected chi connectivity index (χ1v) is 5.75. The molecular formula is C11H17Cl2N5O2. The first-order chi connectivity index (χ1) is 8.85. The Morgan fingerprint density at radius 2 is 2.05 bits per heavy atom. The lowest BCUT2D eigenvalue weighted by molar-refractivity contribution is 0.0938. The zero-order chi connectivity index (χ0) is 14.6. The van der Waals surface area contributed by atoms with Crippen LogP contribution in [0, 0.1) is 0 Å². The molecule has 0 radical (unpaired) electrons. The number of nitrogens with zero attached hydrogens (tertiary/aromatic N) is 1. The average Bonchev–Trinajstić information content (AvgIpc) is 2.30. The van der Waals surface area contributed by atoms with Gasteiger partial charge >= 0.3 is 0 Å². The van der Waals surface area contributed by atoms with Crippen LogP contribution in [0.5, 0.6) is 5.75 Å². The molecule has 1 unspecified atom stereocenters. The van der Waals surface area contributed by atoms with Gasteiger partial charge < -0.3 is 27.3 Å². The smallest absolute Gasteiger partial charge is 0.256 e. The number of guanidine groups is 1. The summed E-state index contributed by atoms with van der Waals surface area (Å²) >= 11 is 5.88. The van der Waals surface area contributed by atoms with Crippen molar-refractivity contribution < 1.29 is 9.53 Å². The van der Waals surface area contributed by atoms with Crippen molar-refractivity contribution in [3.63, 3.8) is 0 Å². The van der Waals surface area contributed by atoms with Crippen LogP contribution < -0.4 is 27.3 Å². The number of ether oxygens (including phenoxy) is 1. The normalized spacial score (nSPS) is 10.9. The van der Waals surface area contributed by atoms with Crippen molar-refractivity contribution >= 4 is 41.6 Å². The van der Waals surface area contributed by atoms with Gasteiger partial charge in [0.1, 0.15) is 11.9 Å². The van der Waals surface area contributed by atoms with Crippen LogP contribution in [0.1, 0.15) is 17.3 Å². The van der Waals surface area contributed by atoms with Crippen molar-refractivity contribution in [1.82, 2.24) is 5.32 Å². The van der Waals surface area contributed by atoms with E-state index in [1.807, 2.05) is 0 Å². The number of benzene rings is 1. The van der Waals surface area contributed by atoms with Crippen molar-refractivity contribution in [2.75, 3.05) is 12.8 Å². The van der Waals surface area contributed by atoms with Crippen LogP contribution in [0.2, 0.25) is 5.02 Å². The molecule has 0 aliphatic heterocycles. The van der Waals surface area contributed by atoms with Gasteiger partial charge in [-0.3, -0.25) is 4.79 Å². The molecule has 1 amide bonds. The fraction of sp³-hybridized carbons (Fsp3) is 0.273. The van der Waals surface area contributed by atoms with Crippen LogP contribution in [0.15, 0.2) is 17.1 Å². The largest absolute Gasteiger partial charge is 0.496 e. The Balaban J connectivity index is 0.00000361. The number of carbonyl (C=O) groups excluding carboxylic acids is 1. The van der Waals surface area contributed by atoms with Crippen LogP contribution in [0.3, 0.4) is 0 Å². The summed E-state index contributed by atoms with van der Waals surface area (Å²) in [7, 11) is 1.43. The Kier molecular flexibility index (Phi) is 6.95. The fourth-order valence-electron chi connectivity index (χ4n) is 1.44. The topological polar surface area (TPSA) is 129 Å². The molecule has 9 heteroatoms. The molecule has 1 rings (SSSR count). The molecule has 0 saturated heterocycles. The number of hydrogen-bond donors (Lipinski definition) is 4. The van der Waals surface area contributed by atoms with Crippen LogP contribution in [0.4, 0.5) is 5.69 Å². The molecule has 1 aromatic carbocycles. The Bertz CT molecular complexity index is 518. The molecule has 0 aliphatic carbocycles. The summed E-state index contributed by atoms with van der Waals surface area (Å²) < 4.78 is 5.08.